The third-order valence-electron chi connectivity index (χ3n) is 3.81. The van der Waals surface area contributed by atoms with Crippen molar-refractivity contribution in [2.75, 3.05) is 5.32 Å². The molecule has 1 N–H and O–H groups in total. The summed E-state index contributed by atoms with van der Waals surface area (Å²) in [7, 11) is 1.56. The molecule has 1 heterocycles. The Balaban J connectivity index is 1.98. The lowest BCUT2D eigenvalue weighted by Crippen LogP contribution is -2.16. The number of nitrogens with one attached hydrogen (secondary N) is 1. The van der Waals surface area contributed by atoms with Gasteiger partial charge >= 0.3 is 6.18 Å². The Labute approximate surface area is 144 Å². The summed E-state index contributed by atoms with van der Waals surface area (Å²) in [5.41, 5.74) is -0.531. The van der Waals surface area contributed by atoms with E-state index in [0.717, 1.165) is 18.2 Å². The normalized spacial score (nSPS) is 11.8. The molecule has 1 aromatic heterocycles. The van der Waals surface area contributed by atoms with Crippen molar-refractivity contribution in [3.63, 3.8) is 0 Å². The van der Waals surface area contributed by atoms with Crippen LogP contribution in [0.15, 0.2) is 42.5 Å². The molecule has 0 atom stereocenters. The second-order valence-electron chi connectivity index (χ2n) is 5.41. The van der Waals surface area contributed by atoms with Crippen molar-refractivity contribution < 1.29 is 22.4 Å². The fourth-order valence-electron chi connectivity index (χ4n) is 2.53. The van der Waals surface area contributed by atoms with Gasteiger partial charge < -0.3 is 9.88 Å². The number of anilines is 1. The molecule has 0 radical (unpaired) electrons. The van der Waals surface area contributed by atoms with E-state index < -0.39 is 23.5 Å². The van der Waals surface area contributed by atoms with Gasteiger partial charge in [-0.25, -0.2) is 4.39 Å². The molecule has 8 heteroatoms. The van der Waals surface area contributed by atoms with Crippen LogP contribution in [-0.2, 0) is 13.2 Å². The molecular formula is C17H11ClF4N2O. The highest BCUT2D eigenvalue weighted by atomic mass is 35.5. The minimum atomic E-state index is -4.56. The Hall–Kier alpha value is -2.54. The molecule has 0 aliphatic rings. The lowest BCUT2D eigenvalue weighted by atomic mass is 10.2. The van der Waals surface area contributed by atoms with Crippen LogP contribution in [0.2, 0.25) is 5.02 Å². The molecular weight excluding hydrogens is 360 g/mol. The first-order chi connectivity index (χ1) is 11.7. The van der Waals surface area contributed by atoms with Gasteiger partial charge in [-0.15, -0.1) is 0 Å². The van der Waals surface area contributed by atoms with Crippen molar-refractivity contribution in [1.82, 2.24) is 4.57 Å². The summed E-state index contributed by atoms with van der Waals surface area (Å²) in [5.74, 6) is -1.19. The Bertz CT molecular complexity index is 979. The molecule has 25 heavy (non-hydrogen) atoms. The van der Waals surface area contributed by atoms with E-state index in [0.29, 0.717) is 5.52 Å². The van der Waals surface area contributed by atoms with Crippen molar-refractivity contribution in [2.45, 2.75) is 6.18 Å². The summed E-state index contributed by atoms with van der Waals surface area (Å²) in [4.78, 5) is 12.4. The standard InChI is InChI=1S/C17H11ClF4N2O/c1-24-14-4-2-3-12(19)10(14)8-15(24)16(25)23-13-7-9(17(20,21)22)5-6-11(13)18/h2-8H,1H3,(H,23,25). The van der Waals surface area contributed by atoms with Crippen LogP contribution in [-0.4, -0.2) is 10.5 Å². The highest BCUT2D eigenvalue weighted by Crippen LogP contribution is 2.34. The molecule has 0 fully saturated rings. The first-order valence-electron chi connectivity index (χ1n) is 7.10. The summed E-state index contributed by atoms with van der Waals surface area (Å²) in [5, 5.41) is 2.55. The van der Waals surface area contributed by atoms with Crippen LogP contribution < -0.4 is 5.32 Å². The van der Waals surface area contributed by atoms with E-state index in [1.807, 2.05) is 0 Å². The predicted molar refractivity (Wildman–Crippen MR) is 87.3 cm³/mol. The fraction of sp³-hybridized carbons (Fsp3) is 0.118. The molecule has 3 rings (SSSR count). The topological polar surface area (TPSA) is 34.0 Å². The molecule has 3 aromatic rings. The molecule has 0 aliphatic carbocycles. The van der Waals surface area contributed by atoms with Crippen LogP contribution in [0.3, 0.4) is 0 Å². The van der Waals surface area contributed by atoms with Crippen LogP contribution in [0, 0.1) is 5.82 Å². The van der Waals surface area contributed by atoms with Gasteiger partial charge in [-0.2, -0.15) is 13.2 Å². The number of benzene rings is 2. The predicted octanol–water partition coefficient (Wildman–Crippen LogP) is 5.24. The van der Waals surface area contributed by atoms with E-state index in [4.69, 9.17) is 11.6 Å². The summed E-state index contributed by atoms with van der Waals surface area (Å²) in [6.45, 7) is 0. The Morgan fingerprint density at radius 3 is 2.52 bits per heavy atom. The second kappa shape index (κ2) is 6.07. The van der Waals surface area contributed by atoms with Crippen molar-refractivity contribution in [2.24, 2.45) is 7.05 Å². The SMILES string of the molecule is Cn1c(C(=O)Nc2cc(C(F)(F)F)ccc2Cl)cc2c(F)cccc21. The molecule has 0 bridgehead atoms. The minimum Gasteiger partial charge on any atom is -0.340 e. The maximum Gasteiger partial charge on any atom is 0.416 e. The molecule has 0 spiro atoms. The number of carbonyl (C=O) groups excluding carboxylic acids is 1. The smallest absolute Gasteiger partial charge is 0.340 e. The highest BCUT2D eigenvalue weighted by Gasteiger charge is 2.31. The number of nitrogens with zero attached hydrogens (tertiary/aromatic N) is 1. The molecule has 2 aromatic carbocycles. The number of aromatic nitrogens is 1. The van der Waals surface area contributed by atoms with Gasteiger partial charge in [0.15, 0.2) is 0 Å². The zero-order chi connectivity index (χ0) is 18.4. The van der Waals surface area contributed by atoms with Crippen LogP contribution >= 0.6 is 11.6 Å². The average Bonchev–Trinajstić information content (AvgIpc) is 2.87. The second-order valence-corrected chi connectivity index (χ2v) is 5.81. The number of alkyl halides is 3. The summed E-state index contributed by atoms with van der Waals surface area (Å²) < 4.78 is 53.7. The number of carbonyl (C=O) groups is 1. The van der Waals surface area contributed by atoms with Crippen LogP contribution in [0.4, 0.5) is 23.2 Å². The maximum absolute atomic E-state index is 13.8. The summed E-state index contributed by atoms with van der Waals surface area (Å²) >= 11 is 5.87. The molecule has 1 amide bonds. The van der Waals surface area contributed by atoms with Crippen molar-refractivity contribution in [3.8, 4) is 0 Å². The number of amides is 1. The Kier molecular flexibility index (Phi) is 4.20. The average molecular weight is 371 g/mol. The van der Waals surface area contributed by atoms with E-state index in [9.17, 15) is 22.4 Å². The molecule has 0 unspecified atom stereocenters. The van der Waals surface area contributed by atoms with Crippen molar-refractivity contribution >= 4 is 34.1 Å². The number of hydrogen-bond acceptors (Lipinski definition) is 1. The molecule has 0 saturated carbocycles. The lowest BCUT2D eigenvalue weighted by Gasteiger charge is -2.12. The summed E-state index contributed by atoms with van der Waals surface area (Å²) in [6, 6.07) is 8.36. The van der Waals surface area contributed by atoms with E-state index in [1.165, 1.54) is 22.8 Å². The molecule has 130 valence electrons. The van der Waals surface area contributed by atoms with Crippen LogP contribution in [0.5, 0.6) is 0 Å². The van der Waals surface area contributed by atoms with Gasteiger partial charge in [0.25, 0.3) is 5.91 Å². The largest absolute Gasteiger partial charge is 0.416 e. The minimum absolute atomic E-state index is 0.0358. The van der Waals surface area contributed by atoms with E-state index >= 15 is 0 Å². The van der Waals surface area contributed by atoms with Gasteiger partial charge in [0, 0.05) is 12.4 Å². The first-order valence-corrected chi connectivity index (χ1v) is 7.48. The molecule has 0 aliphatic heterocycles. The number of fused-ring (bicyclic) bond motifs is 1. The van der Waals surface area contributed by atoms with Gasteiger partial charge in [0.1, 0.15) is 11.5 Å². The maximum atomic E-state index is 13.8. The van der Waals surface area contributed by atoms with Gasteiger partial charge in [-0.1, -0.05) is 17.7 Å². The lowest BCUT2D eigenvalue weighted by molar-refractivity contribution is -0.137. The number of hydrogen-bond donors (Lipinski definition) is 1. The van der Waals surface area contributed by atoms with E-state index in [1.54, 1.807) is 13.1 Å². The van der Waals surface area contributed by atoms with Crippen molar-refractivity contribution in [1.29, 1.82) is 0 Å². The number of rotatable bonds is 2. The van der Waals surface area contributed by atoms with Crippen molar-refractivity contribution in [3.05, 3.63) is 64.6 Å². The highest BCUT2D eigenvalue weighted by molar-refractivity contribution is 6.34. The van der Waals surface area contributed by atoms with Crippen LogP contribution in [0.25, 0.3) is 10.9 Å². The van der Waals surface area contributed by atoms with Gasteiger partial charge in [-0.05, 0) is 36.4 Å². The number of halogens is 5. The molecule has 0 saturated heterocycles. The Morgan fingerprint density at radius 2 is 1.88 bits per heavy atom. The van der Waals surface area contributed by atoms with Gasteiger partial charge in [0.2, 0.25) is 0 Å². The molecule has 3 nitrogen and oxygen atoms in total. The first kappa shape index (κ1) is 17.3. The monoisotopic (exact) mass is 370 g/mol. The fourth-order valence-corrected chi connectivity index (χ4v) is 2.69. The summed E-state index contributed by atoms with van der Waals surface area (Å²) in [6.07, 6.45) is -4.56. The number of aryl methyl sites for hydroxylation is 1. The third kappa shape index (κ3) is 3.19. The van der Waals surface area contributed by atoms with Gasteiger partial charge in [0.05, 0.1) is 21.8 Å². The third-order valence-corrected chi connectivity index (χ3v) is 4.14. The van der Waals surface area contributed by atoms with Crippen LogP contribution in [0.1, 0.15) is 16.1 Å². The quantitative estimate of drug-likeness (QED) is 0.615. The van der Waals surface area contributed by atoms with E-state index in [-0.39, 0.29) is 21.8 Å². The zero-order valence-electron chi connectivity index (χ0n) is 12.8. The van der Waals surface area contributed by atoms with E-state index in [2.05, 4.69) is 5.32 Å². The van der Waals surface area contributed by atoms with Gasteiger partial charge in [-0.3, -0.25) is 4.79 Å². The zero-order valence-corrected chi connectivity index (χ0v) is 13.5. The Morgan fingerprint density at radius 1 is 1.16 bits per heavy atom.